The van der Waals surface area contributed by atoms with Gasteiger partial charge in [-0.25, -0.2) is 4.68 Å². The smallest absolute Gasteiger partial charge is 0.287 e. The van der Waals surface area contributed by atoms with Crippen LogP contribution in [-0.2, 0) is 6.54 Å². The maximum atomic E-state index is 12.2. The van der Waals surface area contributed by atoms with Crippen LogP contribution in [0.3, 0.4) is 0 Å². The number of nitrogens with zero attached hydrogens (tertiary/aromatic N) is 3. The third-order valence-electron chi connectivity index (χ3n) is 4.07. The van der Waals surface area contributed by atoms with E-state index in [0.29, 0.717) is 23.7 Å². The Bertz CT molecular complexity index is 553. The largest absolute Gasteiger partial charge is 0.380 e. The predicted molar refractivity (Wildman–Crippen MR) is 87.1 cm³/mol. The standard InChI is InChI=1S/C15H25ClN4O/c1-15(2)6-5-11(9-15)18-12-10-17-20(8-7-19(3)4)14(21)13(12)16/h10-11,18H,5-9H2,1-4H3. The fraction of sp³-hybridized carbons (Fsp3) is 0.733. The van der Waals surface area contributed by atoms with Crippen LogP contribution in [0.25, 0.3) is 0 Å². The first kappa shape index (κ1) is 16.3. The van der Waals surface area contributed by atoms with Gasteiger partial charge >= 0.3 is 0 Å². The van der Waals surface area contributed by atoms with Crippen molar-refractivity contribution in [1.82, 2.24) is 14.7 Å². The van der Waals surface area contributed by atoms with Crippen molar-refractivity contribution < 1.29 is 0 Å². The lowest BCUT2D eigenvalue weighted by Gasteiger charge is -2.19. The van der Waals surface area contributed by atoms with Crippen molar-refractivity contribution >= 4 is 17.3 Å². The highest BCUT2D eigenvalue weighted by molar-refractivity contribution is 6.32. The summed E-state index contributed by atoms with van der Waals surface area (Å²) in [7, 11) is 3.93. The topological polar surface area (TPSA) is 50.2 Å². The summed E-state index contributed by atoms with van der Waals surface area (Å²) in [5.74, 6) is 0. The maximum Gasteiger partial charge on any atom is 0.287 e. The highest BCUT2D eigenvalue weighted by Gasteiger charge is 2.31. The zero-order chi connectivity index (χ0) is 15.6. The number of likely N-dealkylation sites (N-methyl/N-ethyl adjacent to an activating group) is 1. The molecule has 1 fully saturated rings. The minimum absolute atomic E-state index is 0.222. The third kappa shape index (κ3) is 4.20. The Balaban J connectivity index is 2.08. The number of aromatic nitrogens is 2. The van der Waals surface area contributed by atoms with Gasteiger partial charge in [-0.2, -0.15) is 5.10 Å². The molecule has 1 saturated carbocycles. The molecule has 0 aliphatic heterocycles. The van der Waals surface area contributed by atoms with Gasteiger partial charge in [-0.1, -0.05) is 25.4 Å². The Kier molecular flexibility index (Phi) is 4.94. The average molecular weight is 313 g/mol. The summed E-state index contributed by atoms with van der Waals surface area (Å²) < 4.78 is 1.42. The number of hydrogen-bond donors (Lipinski definition) is 1. The zero-order valence-electron chi connectivity index (χ0n) is 13.3. The molecule has 1 aromatic heterocycles. The summed E-state index contributed by atoms with van der Waals surface area (Å²) in [6, 6.07) is 0.372. The second-order valence-corrected chi connectivity index (χ2v) is 7.33. The first-order chi connectivity index (χ1) is 9.78. The summed E-state index contributed by atoms with van der Waals surface area (Å²) in [4.78, 5) is 14.2. The first-order valence-corrected chi connectivity index (χ1v) is 7.83. The van der Waals surface area contributed by atoms with E-state index < -0.39 is 0 Å². The predicted octanol–water partition coefficient (Wildman–Crippen LogP) is 2.45. The van der Waals surface area contributed by atoms with Crippen LogP contribution in [0.15, 0.2) is 11.0 Å². The van der Waals surface area contributed by atoms with E-state index in [2.05, 4.69) is 24.3 Å². The van der Waals surface area contributed by atoms with E-state index in [1.54, 1.807) is 6.20 Å². The molecule has 1 unspecified atom stereocenters. The third-order valence-corrected chi connectivity index (χ3v) is 4.44. The Morgan fingerprint density at radius 3 is 2.81 bits per heavy atom. The van der Waals surface area contributed by atoms with Crippen LogP contribution in [0, 0.1) is 5.41 Å². The van der Waals surface area contributed by atoms with Crippen LogP contribution in [0.4, 0.5) is 5.69 Å². The van der Waals surface area contributed by atoms with Crippen LogP contribution < -0.4 is 10.9 Å². The molecule has 1 atom stereocenters. The molecule has 0 spiro atoms. The second kappa shape index (κ2) is 6.36. The molecule has 5 nitrogen and oxygen atoms in total. The number of anilines is 1. The summed E-state index contributed by atoms with van der Waals surface area (Å²) in [5.41, 5.74) is 0.796. The van der Waals surface area contributed by atoms with Crippen molar-refractivity contribution in [2.45, 2.75) is 45.7 Å². The molecule has 1 aromatic rings. The van der Waals surface area contributed by atoms with E-state index in [0.717, 1.165) is 19.4 Å². The minimum atomic E-state index is -0.222. The second-order valence-electron chi connectivity index (χ2n) is 6.95. The molecular formula is C15H25ClN4O. The van der Waals surface area contributed by atoms with Gasteiger partial charge in [0.2, 0.25) is 0 Å². The molecule has 118 valence electrons. The number of hydrogen-bond acceptors (Lipinski definition) is 4. The van der Waals surface area contributed by atoms with Gasteiger partial charge in [0.25, 0.3) is 5.56 Å². The van der Waals surface area contributed by atoms with E-state index in [9.17, 15) is 4.79 Å². The van der Waals surface area contributed by atoms with Gasteiger partial charge in [-0.3, -0.25) is 4.79 Å². The molecule has 0 saturated heterocycles. The van der Waals surface area contributed by atoms with Crippen LogP contribution >= 0.6 is 11.6 Å². The Labute approximate surface area is 131 Å². The summed E-state index contributed by atoms with van der Waals surface area (Å²) in [6.45, 7) is 5.84. The van der Waals surface area contributed by atoms with Crippen molar-refractivity contribution in [2.24, 2.45) is 5.41 Å². The van der Waals surface area contributed by atoms with Crippen LogP contribution in [-0.4, -0.2) is 41.4 Å². The normalized spacial score (nSPS) is 21.0. The monoisotopic (exact) mass is 312 g/mol. The first-order valence-electron chi connectivity index (χ1n) is 7.45. The Morgan fingerprint density at radius 2 is 2.24 bits per heavy atom. The van der Waals surface area contributed by atoms with Gasteiger partial charge < -0.3 is 10.2 Å². The molecule has 1 N–H and O–H groups in total. The molecule has 0 radical (unpaired) electrons. The van der Waals surface area contributed by atoms with E-state index >= 15 is 0 Å². The fourth-order valence-corrected chi connectivity index (χ4v) is 3.00. The Morgan fingerprint density at radius 1 is 1.52 bits per heavy atom. The Hall–Kier alpha value is -1.07. The molecule has 2 rings (SSSR count). The highest BCUT2D eigenvalue weighted by atomic mass is 35.5. The number of halogens is 1. The molecule has 0 aromatic carbocycles. The summed E-state index contributed by atoms with van der Waals surface area (Å²) >= 11 is 6.21. The number of rotatable bonds is 5. The maximum absolute atomic E-state index is 12.2. The molecule has 1 heterocycles. The average Bonchev–Trinajstić information content (AvgIpc) is 2.73. The number of nitrogens with one attached hydrogen (secondary N) is 1. The van der Waals surface area contributed by atoms with Gasteiger partial charge in [0.05, 0.1) is 18.4 Å². The van der Waals surface area contributed by atoms with E-state index in [4.69, 9.17) is 11.6 Å². The van der Waals surface area contributed by atoms with Gasteiger partial charge in [0, 0.05) is 12.6 Å². The van der Waals surface area contributed by atoms with Crippen molar-refractivity contribution in [2.75, 3.05) is 26.0 Å². The van der Waals surface area contributed by atoms with Crippen LogP contribution in [0.2, 0.25) is 5.02 Å². The van der Waals surface area contributed by atoms with E-state index in [-0.39, 0.29) is 10.6 Å². The molecular weight excluding hydrogens is 288 g/mol. The van der Waals surface area contributed by atoms with E-state index in [1.807, 2.05) is 19.0 Å². The van der Waals surface area contributed by atoms with Gasteiger partial charge in [-0.05, 0) is 38.8 Å². The lowest BCUT2D eigenvalue weighted by Crippen LogP contribution is -2.30. The highest BCUT2D eigenvalue weighted by Crippen LogP contribution is 2.38. The van der Waals surface area contributed by atoms with Crippen molar-refractivity contribution in [1.29, 1.82) is 0 Å². The summed E-state index contributed by atoms with van der Waals surface area (Å²) in [6.07, 6.45) is 5.06. The molecule has 21 heavy (non-hydrogen) atoms. The van der Waals surface area contributed by atoms with Crippen LogP contribution in [0.1, 0.15) is 33.1 Å². The van der Waals surface area contributed by atoms with Gasteiger partial charge in [-0.15, -0.1) is 0 Å². The van der Waals surface area contributed by atoms with Crippen molar-refractivity contribution in [3.63, 3.8) is 0 Å². The SMILES string of the molecule is CN(C)CCn1ncc(NC2CCC(C)(C)C2)c(Cl)c1=O. The van der Waals surface area contributed by atoms with Crippen molar-refractivity contribution in [3.8, 4) is 0 Å². The van der Waals surface area contributed by atoms with Crippen LogP contribution in [0.5, 0.6) is 0 Å². The summed E-state index contributed by atoms with van der Waals surface area (Å²) in [5, 5.41) is 7.84. The lowest BCUT2D eigenvalue weighted by atomic mass is 9.92. The molecule has 0 amide bonds. The van der Waals surface area contributed by atoms with Gasteiger partial charge in [0.15, 0.2) is 0 Å². The quantitative estimate of drug-likeness (QED) is 0.907. The van der Waals surface area contributed by atoms with Gasteiger partial charge in [0.1, 0.15) is 5.02 Å². The van der Waals surface area contributed by atoms with Crippen molar-refractivity contribution in [3.05, 3.63) is 21.6 Å². The molecule has 0 bridgehead atoms. The minimum Gasteiger partial charge on any atom is -0.380 e. The lowest BCUT2D eigenvalue weighted by molar-refractivity contribution is 0.367. The fourth-order valence-electron chi connectivity index (χ4n) is 2.80. The molecule has 1 aliphatic rings. The van der Waals surface area contributed by atoms with E-state index in [1.165, 1.54) is 11.1 Å². The zero-order valence-corrected chi connectivity index (χ0v) is 14.1. The molecule has 1 aliphatic carbocycles. The molecule has 6 heteroatoms.